The van der Waals surface area contributed by atoms with E-state index < -0.39 is 28.0 Å². The zero-order chi connectivity index (χ0) is 16.2. The maximum atomic E-state index is 12.2. The molecule has 0 N–H and O–H groups in total. The Kier molecular flexibility index (Phi) is 6.38. The molecule has 7 heteroatoms. The molecule has 116 valence electrons. The summed E-state index contributed by atoms with van der Waals surface area (Å²) < 4.78 is 17.0. The van der Waals surface area contributed by atoms with Crippen molar-refractivity contribution in [3.63, 3.8) is 0 Å². The molecule has 0 spiro atoms. The first-order valence-corrected chi connectivity index (χ1v) is 8.31. The molecule has 0 aliphatic rings. The summed E-state index contributed by atoms with van der Waals surface area (Å²) >= 11 is 11.6. The Morgan fingerprint density at radius 2 is 1.86 bits per heavy atom. The molecule has 4 nitrogen and oxygen atoms in total. The zero-order valence-electron chi connectivity index (χ0n) is 11.9. The van der Waals surface area contributed by atoms with Gasteiger partial charge >= 0.3 is 5.97 Å². The molecule has 0 heterocycles. The first kappa shape index (κ1) is 18.1. The lowest BCUT2D eigenvalue weighted by molar-refractivity contribution is -0.157. The largest absolute Gasteiger partial charge is 0.465 e. The Balaban J connectivity index is 2.84. The first-order valence-electron chi connectivity index (χ1n) is 6.24. The molecule has 0 saturated heterocycles. The predicted octanol–water partition coefficient (Wildman–Crippen LogP) is 3.26. The molecule has 0 aliphatic carbocycles. The lowest BCUT2D eigenvalue weighted by atomic mass is 9.89. The molecular weight excluding hydrogens is 335 g/mol. The second-order valence-corrected chi connectivity index (χ2v) is 7.10. The maximum Gasteiger partial charge on any atom is 0.319 e. The Hall–Kier alpha value is -0.910. The number of carbonyl (C=O) groups is 2. The van der Waals surface area contributed by atoms with Crippen molar-refractivity contribution in [2.75, 3.05) is 12.4 Å². The van der Waals surface area contributed by atoms with E-state index in [2.05, 4.69) is 0 Å². The molecule has 1 unspecified atom stereocenters. The van der Waals surface area contributed by atoms with Crippen LogP contribution in [-0.4, -0.2) is 28.3 Å². The van der Waals surface area contributed by atoms with E-state index in [0.29, 0.717) is 9.92 Å². The molecule has 0 aromatic heterocycles. The van der Waals surface area contributed by atoms with Gasteiger partial charge in [0.1, 0.15) is 5.41 Å². The second kappa shape index (κ2) is 7.38. The van der Waals surface area contributed by atoms with Crippen LogP contribution in [0.5, 0.6) is 0 Å². The number of ketones is 1. The van der Waals surface area contributed by atoms with Crippen molar-refractivity contribution in [3.8, 4) is 0 Å². The van der Waals surface area contributed by atoms with Crippen LogP contribution in [0.15, 0.2) is 23.1 Å². The van der Waals surface area contributed by atoms with Gasteiger partial charge in [-0.2, -0.15) is 0 Å². The van der Waals surface area contributed by atoms with Gasteiger partial charge in [-0.1, -0.05) is 23.2 Å². The van der Waals surface area contributed by atoms with E-state index in [9.17, 15) is 13.8 Å². The van der Waals surface area contributed by atoms with Crippen molar-refractivity contribution in [2.24, 2.45) is 5.41 Å². The minimum Gasteiger partial charge on any atom is -0.465 e. The van der Waals surface area contributed by atoms with Gasteiger partial charge in [0.2, 0.25) is 0 Å². The van der Waals surface area contributed by atoms with Crippen LogP contribution in [0.4, 0.5) is 0 Å². The molecule has 0 radical (unpaired) electrons. The summed E-state index contributed by atoms with van der Waals surface area (Å²) in [5.74, 6) is -1.37. The van der Waals surface area contributed by atoms with Crippen LogP contribution in [0.2, 0.25) is 10.0 Å². The smallest absolute Gasteiger partial charge is 0.319 e. The molecule has 1 atom stereocenters. The van der Waals surface area contributed by atoms with Crippen LogP contribution in [0.3, 0.4) is 0 Å². The number of carbonyl (C=O) groups excluding carboxylic acids is 2. The van der Waals surface area contributed by atoms with Crippen LogP contribution in [0, 0.1) is 5.41 Å². The van der Waals surface area contributed by atoms with Gasteiger partial charge in [-0.15, -0.1) is 0 Å². The van der Waals surface area contributed by atoms with Crippen molar-refractivity contribution in [1.29, 1.82) is 0 Å². The highest BCUT2D eigenvalue weighted by Gasteiger charge is 2.38. The predicted molar refractivity (Wildman–Crippen MR) is 83.2 cm³/mol. The lowest BCUT2D eigenvalue weighted by Crippen LogP contribution is -2.37. The number of hydrogen-bond donors (Lipinski definition) is 0. The monoisotopic (exact) mass is 350 g/mol. The van der Waals surface area contributed by atoms with Gasteiger partial charge in [-0.25, -0.2) is 0 Å². The van der Waals surface area contributed by atoms with Gasteiger partial charge in [-0.05, 0) is 39.0 Å². The van der Waals surface area contributed by atoms with Gasteiger partial charge in [0.15, 0.2) is 5.78 Å². The van der Waals surface area contributed by atoms with E-state index in [0.717, 1.165) is 0 Å². The summed E-state index contributed by atoms with van der Waals surface area (Å²) in [6, 6.07) is 4.50. The minimum atomic E-state index is -1.60. The number of Topliss-reactive ketones (excluding diaryl/α,β-unsaturated/α-hetero) is 1. The number of esters is 1. The summed E-state index contributed by atoms with van der Waals surface area (Å²) in [5, 5.41) is 0.607. The topological polar surface area (TPSA) is 60.4 Å². The Morgan fingerprint density at radius 1 is 1.24 bits per heavy atom. The highest BCUT2D eigenvalue weighted by molar-refractivity contribution is 7.85. The zero-order valence-corrected chi connectivity index (χ0v) is 14.3. The summed E-state index contributed by atoms with van der Waals surface area (Å²) in [6.45, 7) is 4.76. The van der Waals surface area contributed by atoms with Gasteiger partial charge < -0.3 is 4.74 Å². The quantitative estimate of drug-likeness (QED) is 0.583. The van der Waals surface area contributed by atoms with E-state index in [1.165, 1.54) is 32.0 Å². The Morgan fingerprint density at radius 3 is 2.38 bits per heavy atom. The van der Waals surface area contributed by atoms with Crippen LogP contribution >= 0.6 is 23.2 Å². The van der Waals surface area contributed by atoms with Gasteiger partial charge in [-0.3, -0.25) is 13.8 Å². The average Bonchev–Trinajstić information content (AvgIpc) is 2.41. The van der Waals surface area contributed by atoms with Gasteiger partial charge in [0.25, 0.3) is 0 Å². The molecular formula is C14H16Cl2O4S. The third-order valence-corrected chi connectivity index (χ3v) is 4.94. The average molecular weight is 351 g/mol. The Labute approximate surface area is 136 Å². The first-order chi connectivity index (χ1) is 9.70. The molecule has 1 aromatic rings. The normalized spacial score (nSPS) is 12.8. The van der Waals surface area contributed by atoms with Crippen LogP contribution in [0.25, 0.3) is 0 Å². The third kappa shape index (κ3) is 4.53. The van der Waals surface area contributed by atoms with Crippen molar-refractivity contribution in [2.45, 2.75) is 25.7 Å². The number of hydrogen-bond acceptors (Lipinski definition) is 4. The fourth-order valence-corrected chi connectivity index (χ4v) is 3.02. The summed E-state index contributed by atoms with van der Waals surface area (Å²) in [4.78, 5) is 24.3. The van der Waals surface area contributed by atoms with Crippen molar-refractivity contribution in [1.82, 2.24) is 0 Å². The molecule has 0 fully saturated rings. The molecule has 0 aliphatic heterocycles. The Bertz CT molecular complexity index is 584. The molecule has 0 bridgehead atoms. The lowest BCUT2D eigenvalue weighted by Gasteiger charge is -2.20. The van der Waals surface area contributed by atoms with Crippen LogP contribution < -0.4 is 0 Å². The van der Waals surface area contributed by atoms with Crippen LogP contribution in [-0.2, 0) is 25.1 Å². The van der Waals surface area contributed by atoms with Crippen molar-refractivity contribution in [3.05, 3.63) is 28.2 Å². The minimum absolute atomic E-state index is 0.186. The number of rotatable bonds is 6. The van der Waals surface area contributed by atoms with E-state index in [-0.39, 0.29) is 17.4 Å². The standard InChI is InChI=1S/C14H16Cl2O4S/c1-4-20-13(18)14(2,3)12(17)8-21(19)9-5-6-10(15)11(16)7-9/h5-7H,4,8H2,1-3H3. The summed E-state index contributed by atoms with van der Waals surface area (Å²) in [5.41, 5.74) is -1.33. The highest BCUT2D eigenvalue weighted by atomic mass is 35.5. The summed E-state index contributed by atoms with van der Waals surface area (Å²) in [6.07, 6.45) is 0. The highest BCUT2D eigenvalue weighted by Crippen LogP contribution is 2.25. The van der Waals surface area contributed by atoms with Crippen molar-refractivity contribution < 1.29 is 18.5 Å². The molecule has 1 rings (SSSR count). The fraction of sp³-hybridized carbons (Fsp3) is 0.429. The van der Waals surface area contributed by atoms with Crippen molar-refractivity contribution >= 4 is 45.8 Å². The van der Waals surface area contributed by atoms with Gasteiger partial charge in [0.05, 0.1) is 33.2 Å². The number of ether oxygens (including phenoxy) is 1. The number of halogens is 2. The fourth-order valence-electron chi connectivity index (χ4n) is 1.43. The molecule has 21 heavy (non-hydrogen) atoms. The molecule has 0 amide bonds. The van der Waals surface area contributed by atoms with E-state index >= 15 is 0 Å². The van der Waals surface area contributed by atoms with Crippen LogP contribution in [0.1, 0.15) is 20.8 Å². The van der Waals surface area contributed by atoms with E-state index in [4.69, 9.17) is 27.9 Å². The SMILES string of the molecule is CCOC(=O)C(C)(C)C(=O)CS(=O)c1ccc(Cl)c(Cl)c1. The van der Waals surface area contributed by atoms with Gasteiger partial charge in [0, 0.05) is 4.90 Å². The van der Waals surface area contributed by atoms with E-state index in [1.807, 2.05) is 0 Å². The molecule has 1 aromatic carbocycles. The summed E-state index contributed by atoms with van der Waals surface area (Å²) in [7, 11) is -1.60. The maximum absolute atomic E-state index is 12.2. The molecule has 0 saturated carbocycles. The van der Waals surface area contributed by atoms with E-state index in [1.54, 1.807) is 6.92 Å². The third-order valence-electron chi connectivity index (χ3n) is 2.90. The number of benzene rings is 1. The second-order valence-electron chi connectivity index (χ2n) is 4.83.